The molecule has 0 bridgehead atoms. The molecular formula is C14H17N3O2. The van der Waals surface area contributed by atoms with Gasteiger partial charge in [-0.3, -0.25) is 4.79 Å². The first-order valence-corrected chi connectivity index (χ1v) is 6.30. The molecule has 1 N–H and O–H groups in total. The third kappa shape index (κ3) is 2.85. The molecule has 1 heterocycles. The molecule has 0 saturated carbocycles. The highest BCUT2D eigenvalue weighted by Crippen LogP contribution is 2.23. The van der Waals surface area contributed by atoms with Crippen molar-refractivity contribution in [1.29, 1.82) is 5.26 Å². The van der Waals surface area contributed by atoms with E-state index in [1.165, 1.54) is 0 Å². The van der Waals surface area contributed by atoms with Gasteiger partial charge in [0.1, 0.15) is 6.07 Å². The van der Waals surface area contributed by atoms with Crippen molar-refractivity contribution >= 4 is 11.6 Å². The van der Waals surface area contributed by atoms with Gasteiger partial charge >= 0.3 is 0 Å². The maximum absolute atomic E-state index is 11.3. The van der Waals surface area contributed by atoms with Crippen LogP contribution in [-0.2, 0) is 11.4 Å². The van der Waals surface area contributed by atoms with Crippen molar-refractivity contribution in [1.82, 2.24) is 4.90 Å². The molecule has 1 aliphatic heterocycles. The number of carbonyl (C=O) groups excluding carboxylic acids is 1. The van der Waals surface area contributed by atoms with Crippen molar-refractivity contribution in [2.45, 2.75) is 13.5 Å². The van der Waals surface area contributed by atoms with Crippen molar-refractivity contribution in [3.8, 4) is 6.07 Å². The SMILES string of the molecule is CC(=O)N1CCN(c2ccc(CO)cc2C#N)CC1. The molecule has 19 heavy (non-hydrogen) atoms. The Morgan fingerprint density at radius 3 is 2.58 bits per heavy atom. The third-order valence-corrected chi connectivity index (χ3v) is 3.43. The highest BCUT2D eigenvalue weighted by molar-refractivity contribution is 5.73. The van der Waals surface area contributed by atoms with Crippen LogP contribution in [0.15, 0.2) is 18.2 Å². The topological polar surface area (TPSA) is 67.6 Å². The van der Waals surface area contributed by atoms with E-state index in [0.29, 0.717) is 18.7 Å². The van der Waals surface area contributed by atoms with Gasteiger partial charge in [0, 0.05) is 33.1 Å². The number of nitriles is 1. The van der Waals surface area contributed by atoms with E-state index in [4.69, 9.17) is 5.11 Å². The second kappa shape index (κ2) is 5.72. The number of carbonyl (C=O) groups is 1. The van der Waals surface area contributed by atoms with Crippen LogP contribution >= 0.6 is 0 Å². The minimum Gasteiger partial charge on any atom is -0.392 e. The first-order chi connectivity index (χ1) is 9.15. The van der Waals surface area contributed by atoms with Gasteiger partial charge in [-0.15, -0.1) is 0 Å². The third-order valence-electron chi connectivity index (χ3n) is 3.43. The maximum Gasteiger partial charge on any atom is 0.219 e. The van der Waals surface area contributed by atoms with Gasteiger partial charge in [-0.25, -0.2) is 0 Å². The zero-order valence-corrected chi connectivity index (χ0v) is 11.0. The van der Waals surface area contributed by atoms with Crippen molar-refractivity contribution < 1.29 is 9.90 Å². The Hall–Kier alpha value is -2.06. The molecule has 0 radical (unpaired) electrons. The number of amides is 1. The van der Waals surface area contributed by atoms with Gasteiger partial charge in [0.05, 0.1) is 17.9 Å². The Morgan fingerprint density at radius 2 is 2.05 bits per heavy atom. The molecule has 1 saturated heterocycles. The molecule has 0 aromatic heterocycles. The van der Waals surface area contributed by atoms with Gasteiger partial charge in [0.2, 0.25) is 5.91 Å². The summed E-state index contributed by atoms with van der Waals surface area (Å²) in [6.07, 6.45) is 0. The van der Waals surface area contributed by atoms with Crippen molar-refractivity contribution in [3.63, 3.8) is 0 Å². The lowest BCUT2D eigenvalue weighted by Crippen LogP contribution is -2.48. The minimum absolute atomic E-state index is 0.0624. The quantitative estimate of drug-likeness (QED) is 0.849. The fourth-order valence-electron chi connectivity index (χ4n) is 2.31. The summed E-state index contributed by atoms with van der Waals surface area (Å²) in [6, 6.07) is 7.58. The first-order valence-electron chi connectivity index (χ1n) is 6.30. The number of rotatable bonds is 2. The molecule has 1 aliphatic rings. The van der Waals surface area contributed by atoms with Gasteiger partial charge < -0.3 is 14.9 Å². The molecule has 0 spiro atoms. The normalized spacial score (nSPS) is 15.2. The van der Waals surface area contributed by atoms with E-state index < -0.39 is 0 Å². The number of benzene rings is 1. The van der Waals surface area contributed by atoms with Crippen molar-refractivity contribution in [3.05, 3.63) is 29.3 Å². The van der Waals surface area contributed by atoms with Gasteiger partial charge in [-0.05, 0) is 17.7 Å². The Labute approximate surface area is 112 Å². The molecule has 100 valence electrons. The van der Waals surface area contributed by atoms with Crippen LogP contribution in [-0.4, -0.2) is 42.1 Å². The lowest BCUT2D eigenvalue weighted by molar-refractivity contribution is -0.129. The summed E-state index contributed by atoms with van der Waals surface area (Å²) in [5.41, 5.74) is 2.19. The molecule has 0 atom stereocenters. The van der Waals surface area contributed by atoms with Crippen LogP contribution in [0.3, 0.4) is 0 Å². The molecule has 1 aromatic carbocycles. The number of hydrogen-bond donors (Lipinski definition) is 1. The van der Waals surface area contributed by atoms with Crippen LogP contribution in [0.5, 0.6) is 0 Å². The van der Waals surface area contributed by atoms with E-state index in [0.717, 1.165) is 24.3 Å². The second-order valence-corrected chi connectivity index (χ2v) is 4.61. The number of hydrogen-bond acceptors (Lipinski definition) is 4. The standard InChI is InChI=1S/C14H17N3O2/c1-11(19)16-4-6-17(7-5-16)14-3-2-12(10-18)8-13(14)9-15/h2-3,8,18H,4-7,10H2,1H3. The highest BCUT2D eigenvalue weighted by atomic mass is 16.3. The van der Waals surface area contributed by atoms with E-state index >= 15 is 0 Å². The fraction of sp³-hybridized carbons (Fsp3) is 0.429. The van der Waals surface area contributed by atoms with E-state index in [1.807, 2.05) is 17.0 Å². The van der Waals surface area contributed by atoms with Gasteiger partial charge in [-0.2, -0.15) is 5.26 Å². The maximum atomic E-state index is 11.3. The Kier molecular flexibility index (Phi) is 4.03. The molecule has 5 nitrogen and oxygen atoms in total. The first kappa shape index (κ1) is 13.4. The van der Waals surface area contributed by atoms with E-state index in [9.17, 15) is 10.1 Å². The van der Waals surface area contributed by atoms with Crippen LogP contribution in [0.4, 0.5) is 5.69 Å². The average Bonchev–Trinajstić information content (AvgIpc) is 2.46. The molecule has 1 fully saturated rings. The summed E-state index contributed by atoms with van der Waals surface area (Å²) in [7, 11) is 0. The second-order valence-electron chi connectivity index (χ2n) is 4.61. The van der Waals surface area contributed by atoms with Crippen LogP contribution < -0.4 is 4.90 Å². The van der Waals surface area contributed by atoms with E-state index in [-0.39, 0.29) is 12.5 Å². The molecule has 1 aromatic rings. The summed E-state index contributed by atoms with van der Waals surface area (Å²) in [5, 5.41) is 18.3. The predicted molar refractivity (Wildman–Crippen MR) is 71.5 cm³/mol. The summed E-state index contributed by atoms with van der Waals surface area (Å²) >= 11 is 0. The Morgan fingerprint density at radius 1 is 1.37 bits per heavy atom. The molecule has 0 aliphatic carbocycles. The van der Waals surface area contributed by atoms with Crippen LogP contribution in [0.1, 0.15) is 18.1 Å². The summed E-state index contributed by atoms with van der Waals surface area (Å²) < 4.78 is 0. The van der Waals surface area contributed by atoms with Gasteiger partial charge in [0.15, 0.2) is 0 Å². The molecule has 1 amide bonds. The fourth-order valence-corrected chi connectivity index (χ4v) is 2.31. The van der Waals surface area contributed by atoms with Gasteiger partial charge in [-0.1, -0.05) is 6.07 Å². The lowest BCUT2D eigenvalue weighted by Gasteiger charge is -2.36. The predicted octanol–water partition coefficient (Wildman–Crippen LogP) is 0.719. The van der Waals surface area contributed by atoms with Crippen LogP contribution in [0, 0.1) is 11.3 Å². The average molecular weight is 259 g/mol. The lowest BCUT2D eigenvalue weighted by atomic mass is 10.1. The Bertz CT molecular complexity index is 514. The number of aliphatic hydroxyl groups excluding tert-OH is 1. The van der Waals surface area contributed by atoms with Crippen LogP contribution in [0.25, 0.3) is 0 Å². The number of piperazine rings is 1. The largest absolute Gasteiger partial charge is 0.392 e. The summed E-state index contributed by atoms with van der Waals surface area (Å²) in [6.45, 7) is 4.34. The summed E-state index contributed by atoms with van der Waals surface area (Å²) in [5.74, 6) is 0.0933. The van der Waals surface area contributed by atoms with Crippen LogP contribution in [0.2, 0.25) is 0 Å². The zero-order chi connectivity index (χ0) is 13.8. The Balaban J connectivity index is 2.15. The number of anilines is 1. The summed E-state index contributed by atoms with van der Waals surface area (Å²) in [4.78, 5) is 15.2. The minimum atomic E-state index is -0.0624. The van der Waals surface area contributed by atoms with Gasteiger partial charge in [0.25, 0.3) is 0 Å². The smallest absolute Gasteiger partial charge is 0.219 e. The molecular weight excluding hydrogens is 242 g/mol. The molecule has 2 rings (SSSR count). The molecule has 5 heteroatoms. The number of nitrogens with zero attached hydrogens (tertiary/aromatic N) is 3. The highest BCUT2D eigenvalue weighted by Gasteiger charge is 2.20. The monoisotopic (exact) mass is 259 g/mol. The molecule has 0 unspecified atom stereocenters. The van der Waals surface area contributed by atoms with Crippen molar-refractivity contribution in [2.24, 2.45) is 0 Å². The van der Waals surface area contributed by atoms with Crippen molar-refractivity contribution in [2.75, 3.05) is 31.1 Å². The number of aliphatic hydroxyl groups is 1. The zero-order valence-electron chi connectivity index (χ0n) is 11.0. The van der Waals surface area contributed by atoms with E-state index in [1.54, 1.807) is 13.0 Å². The van der Waals surface area contributed by atoms with E-state index in [2.05, 4.69) is 11.0 Å².